The third-order valence-electron chi connectivity index (χ3n) is 7.10. The van der Waals surface area contributed by atoms with E-state index in [1.807, 2.05) is 12.1 Å². The molecule has 8 heteroatoms. The Kier molecular flexibility index (Phi) is 10.3. The van der Waals surface area contributed by atoms with E-state index in [0.29, 0.717) is 18.0 Å². The molecule has 0 saturated carbocycles. The molecule has 1 aliphatic rings. The number of benzene rings is 3. The number of piperidine rings is 1. The fourth-order valence-corrected chi connectivity index (χ4v) is 5.01. The van der Waals surface area contributed by atoms with Gasteiger partial charge in [-0.1, -0.05) is 24.3 Å². The van der Waals surface area contributed by atoms with E-state index in [4.69, 9.17) is 9.72 Å². The molecule has 37 heavy (non-hydrogen) atoms. The lowest BCUT2D eigenvalue weighted by molar-refractivity contribution is 0.184. The van der Waals surface area contributed by atoms with Crippen molar-refractivity contribution < 1.29 is 13.5 Å². The van der Waals surface area contributed by atoms with Crippen molar-refractivity contribution in [2.24, 2.45) is 5.92 Å². The van der Waals surface area contributed by atoms with E-state index >= 15 is 0 Å². The molecule has 1 aromatic heterocycles. The van der Waals surface area contributed by atoms with Crippen LogP contribution in [0, 0.1) is 17.6 Å². The molecule has 2 heterocycles. The maximum atomic E-state index is 13.9. The summed E-state index contributed by atoms with van der Waals surface area (Å²) in [6, 6.07) is 19.7. The van der Waals surface area contributed by atoms with Crippen molar-refractivity contribution in [1.82, 2.24) is 14.5 Å². The van der Waals surface area contributed by atoms with Crippen molar-refractivity contribution in [2.45, 2.75) is 32.2 Å². The van der Waals surface area contributed by atoms with Crippen LogP contribution in [0.2, 0.25) is 0 Å². The highest BCUT2D eigenvalue weighted by Gasteiger charge is 2.22. The fraction of sp³-hybridized carbons (Fsp3) is 0.345. The standard InChI is InChI=1S/C29H31F2N3O.2ClH/c1-35-26-9-4-21(5-10-26)12-15-33-16-13-22(14-17-33)18-29-32-27-19-25(31)8-11-28(27)34(29)20-23-2-6-24(30)7-3-23;;/h2-11,19,22H,12-18,20H2,1H3;2*1H. The lowest BCUT2D eigenvalue weighted by Crippen LogP contribution is -2.36. The number of fused-ring (bicyclic) bond motifs is 1. The second-order valence-electron chi connectivity index (χ2n) is 9.46. The molecule has 4 aromatic rings. The maximum Gasteiger partial charge on any atom is 0.125 e. The smallest absolute Gasteiger partial charge is 0.125 e. The predicted octanol–water partition coefficient (Wildman–Crippen LogP) is 6.71. The van der Waals surface area contributed by atoms with E-state index < -0.39 is 0 Å². The van der Waals surface area contributed by atoms with E-state index in [1.165, 1.54) is 29.8 Å². The van der Waals surface area contributed by atoms with Gasteiger partial charge in [-0.05, 0) is 85.8 Å². The van der Waals surface area contributed by atoms with Crippen molar-refractivity contribution >= 4 is 35.8 Å². The third kappa shape index (κ3) is 7.22. The van der Waals surface area contributed by atoms with Gasteiger partial charge in [0.1, 0.15) is 23.2 Å². The van der Waals surface area contributed by atoms with Crippen molar-refractivity contribution in [3.8, 4) is 5.75 Å². The number of methoxy groups -OCH3 is 1. The summed E-state index contributed by atoms with van der Waals surface area (Å²) in [7, 11) is 1.69. The predicted molar refractivity (Wildman–Crippen MR) is 149 cm³/mol. The zero-order chi connectivity index (χ0) is 24.2. The summed E-state index contributed by atoms with van der Waals surface area (Å²) in [5, 5.41) is 0. The highest BCUT2D eigenvalue weighted by molar-refractivity contribution is 5.85. The largest absolute Gasteiger partial charge is 0.497 e. The molecule has 0 spiro atoms. The first kappa shape index (κ1) is 28.9. The topological polar surface area (TPSA) is 30.3 Å². The van der Waals surface area contributed by atoms with Crippen LogP contribution < -0.4 is 4.74 Å². The lowest BCUT2D eigenvalue weighted by Gasteiger charge is -2.32. The van der Waals surface area contributed by atoms with Gasteiger partial charge in [0.05, 0.1) is 18.1 Å². The molecule has 1 fully saturated rings. The number of imidazole rings is 1. The Morgan fingerprint density at radius 1 is 0.865 bits per heavy atom. The maximum absolute atomic E-state index is 13.9. The fourth-order valence-electron chi connectivity index (χ4n) is 5.01. The van der Waals surface area contributed by atoms with E-state index in [1.54, 1.807) is 25.3 Å². The third-order valence-corrected chi connectivity index (χ3v) is 7.10. The highest BCUT2D eigenvalue weighted by atomic mass is 35.5. The number of hydrogen-bond acceptors (Lipinski definition) is 3. The van der Waals surface area contributed by atoms with Gasteiger partial charge in [-0.25, -0.2) is 13.8 Å². The average Bonchev–Trinajstić information content (AvgIpc) is 3.20. The average molecular weight is 549 g/mol. The summed E-state index contributed by atoms with van der Waals surface area (Å²) >= 11 is 0. The van der Waals surface area contributed by atoms with Crippen LogP contribution in [0.3, 0.4) is 0 Å². The zero-order valence-corrected chi connectivity index (χ0v) is 22.5. The number of halogens is 4. The van der Waals surface area contributed by atoms with Gasteiger partial charge in [-0.15, -0.1) is 24.8 Å². The van der Waals surface area contributed by atoms with Crippen LogP contribution in [0.25, 0.3) is 11.0 Å². The van der Waals surface area contributed by atoms with Crippen LogP contribution in [0.15, 0.2) is 66.7 Å². The van der Waals surface area contributed by atoms with Crippen molar-refractivity contribution in [1.29, 1.82) is 0 Å². The first-order chi connectivity index (χ1) is 17.1. The number of likely N-dealkylation sites (tertiary alicyclic amines) is 1. The Hall–Kier alpha value is -2.67. The highest BCUT2D eigenvalue weighted by Crippen LogP contribution is 2.26. The Morgan fingerprint density at radius 3 is 2.19 bits per heavy atom. The molecule has 1 saturated heterocycles. The summed E-state index contributed by atoms with van der Waals surface area (Å²) in [6.07, 6.45) is 4.14. The van der Waals surface area contributed by atoms with E-state index in [2.05, 4.69) is 21.6 Å². The van der Waals surface area contributed by atoms with Gasteiger partial charge in [-0.3, -0.25) is 0 Å². The van der Waals surface area contributed by atoms with E-state index in [-0.39, 0.29) is 36.4 Å². The van der Waals surface area contributed by atoms with Crippen LogP contribution in [-0.2, 0) is 19.4 Å². The van der Waals surface area contributed by atoms with Crippen molar-refractivity contribution in [3.63, 3.8) is 0 Å². The summed E-state index contributed by atoms with van der Waals surface area (Å²) in [5.74, 6) is 1.89. The molecule has 198 valence electrons. The molecule has 3 aromatic carbocycles. The minimum absolute atomic E-state index is 0. The number of ether oxygens (including phenoxy) is 1. The summed E-state index contributed by atoms with van der Waals surface area (Å²) in [4.78, 5) is 7.35. The van der Waals surface area contributed by atoms with Gasteiger partial charge in [0.15, 0.2) is 0 Å². The van der Waals surface area contributed by atoms with E-state index in [0.717, 1.165) is 68.0 Å². The summed E-state index contributed by atoms with van der Waals surface area (Å²) in [5.41, 5.74) is 3.93. The van der Waals surface area contributed by atoms with Crippen molar-refractivity contribution in [3.05, 3.63) is 95.3 Å². The second kappa shape index (κ2) is 13.2. The molecule has 0 unspecified atom stereocenters. The van der Waals surface area contributed by atoms with E-state index in [9.17, 15) is 8.78 Å². The molecule has 0 radical (unpaired) electrons. The minimum atomic E-state index is -0.277. The Morgan fingerprint density at radius 2 is 1.51 bits per heavy atom. The van der Waals surface area contributed by atoms with Gasteiger partial charge in [0, 0.05) is 25.6 Å². The number of nitrogens with zero attached hydrogens (tertiary/aromatic N) is 3. The summed E-state index contributed by atoms with van der Waals surface area (Å²) < 4.78 is 34.7. The molecule has 0 bridgehead atoms. The molecule has 1 aliphatic heterocycles. The number of hydrogen-bond donors (Lipinski definition) is 0. The van der Waals surface area contributed by atoms with Crippen molar-refractivity contribution in [2.75, 3.05) is 26.7 Å². The van der Waals surface area contributed by atoms with Gasteiger partial charge >= 0.3 is 0 Å². The second-order valence-corrected chi connectivity index (χ2v) is 9.46. The van der Waals surface area contributed by atoms with Crippen LogP contribution in [0.1, 0.15) is 29.8 Å². The first-order valence-corrected chi connectivity index (χ1v) is 12.3. The molecular formula is C29H33Cl2F2N3O. The molecule has 0 aliphatic carbocycles. The molecule has 0 amide bonds. The SMILES string of the molecule is COc1ccc(CCN2CCC(Cc3nc4cc(F)ccc4n3Cc3ccc(F)cc3)CC2)cc1.Cl.Cl. The summed E-state index contributed by atoms with van der Waals surface area (Å²) in [6.45, 7) is 3.81. The van der Waals surface area contributed by atoms with Crippen LogP contribution in [-0.4, -0.2) is 41.2 Å². The molecule has 0 atom stereocenters. The van der Waals surface area contributed by atoms with Crippen LogP contribution in [0.5, 0.6) is 5.75 Å². The van der Waals surface area contributed by atoms with Crippen LogP contribution in [0.4, 0.5) is 8.78 Å². The lowest BCUT2D eigenvalue weighted by atomic mass is 9.93. The normalized spacial score (nSPS) is 14.2. The molecule has 0 N–H and O–H groups in total. The molecule has 4 nitrogen and oxygen atoms in total. The first-order valence-electron chi connectivity index (χ1n) is 12.3. The monoisotopic (exact) mass is 547 g/mol. The van der Waals surface area contributed by atoms with Gasteiger partial charge in [0.25, 0.3) is 0 Å². The number of aromatic nitrogens is 2. The Labute approximate surface area is 229 Å². The zero-order valence-electron chi connectivity index (χ0n) is 20.9. The Balaban J connectivity index is 0.00000190. The molecular weight excluding hydrogens is 515 g/mol. The number of rotatable bonds is 8. The van der Waals surface area contributed by atoms with Gasteiger partial charge in [0.2, 0.25) is 0 Å². The van der Waals surface area contributed by atoms with Crippen LogP contribution >= 0.6 is 24.8 Å². The Bertz CT molecular complexity index is 1270. The minimum Gasteiger partial charge on any atom is -0.497 e. The quantitative estimate of drug-likeness (QED) is 0.245. The molecule has 5 rings (SSSR count). The van der Waals surface area contributed by atoms with Gasteiger partial charge in [-0.2, -0.15) is 0 Å². The van der Waals surface area contributed by atoms with Gasteiger partial charge < -0.3 is 14.2 Å².